The maximum Gasteiger partial charge on any atom is 0.374 e. The molecule has 134 valence electrons. The smallest absolute Gasteiger partial charge is 0.374 e. The Balaban J connectivity index is 1.44. The molecule has 0 bridgehead atoms. The molecule has 3 aromatic carbocycles. The van der Waals surface area contributed by atoms with E-state index >= 15 is 0 Å². The van der Waals surface area contributed by atoms with Gasteiger partial charge in [0.1, 0.15) is 0 Å². The van der Waals surface area contributed by atoms with Gasteiger partial charge in [-0.2, -0.15) is 0 Å². The van der Waals surface area contributed by atoms with Gasteiger partial charge in [0.25, 0.3) is 5.91 Å². The maximum absolute atomic E-state index is 12.3. The van der Waals surface area contributed by atoms with Crippen LogP contribution in [0.3, 0.4) is 0 Å². The standard InChI is InChI=1S/C20H14ClN3O3/c21-13-6-3-7-14(10-13)22-17(25)11-27-20(26)19-23-15-8-1-4-12-5-2-9-16(24-19)18(12)15/h1-10H,11H2,(H,22,25)(H,23,24). The Morgan fingerprint density at radius 2 is 1.85 bits per heavy atom. The van der Waals surface area contributed by atoms with Crippen LogP contribution in [-0.2, 0) is 14.3 Å². The number of esters is 1. The molecule has 0 aliphatic carbocycles. The van der Waals surface area contributed by atoms with Crippen LogP contribution < -0.4 is 10.6 Å². The van der Waals surface area contributed by atoms with Crippen LogP contribution >= 0.6 is 11.6 Å². The molecule has 1 heterocycles. The zero-order valence-corrected chi connectivity index (χ0v) is 14.8. The molecular weight excluding hydrogens is 366 g/mol. The van der Waals surface area contributed by atoms with E-state index in [1.165, 1.54) is 0 Å². The normalized spacial score (nSPS) is 12.1. The van der Waals surface area contributed by atoms with Crippen molar-refractivity contribution in [2.45, 2.75) is 0 Å². The summed E-state index contributed by atoms with van der Waals surface area (Å²) in [5, 5.41) is 8.04. The number of anilines is 2. The van der Waals surface area contributed by atoms with Crippen LogP contribution in [-0.4, -0.2) is 24.3 Å². The Morgan fingerprint density at radius 3 is 2.67 bits per heavy atom. The van der Waals surface area contributed by atoms with Crippen molar-refractivity contribution in [3.8, 4) is 0 Å². The lowest BCUT2D eigenvalue weighted by molar-refractivity contribution is -0.140. The Bertz CT molecular complexity index is 1090. The first kappa shape index (κ1) is 17.1. The lowest BCUT2D eigenvalue weighted by Crippen LogP contribution is -2.30. The molecule has 0 aromatic heterocycles. The number of carbonyl (C=O) groups excluding carboxylic acids is 2. The summed E-state index contributed by atoms with van der Waals surface area (Å²) in [4.78, 5) is 28.6. The summed E-state index contributed by atoms with van der Waals surface area (Å²) in [5.41, 5.74) is 1.97. The largest absolute Gasteiger partial charge is 0.450 e. The number of rotatable bonds is 4. The summed E-state index contributed by atoms with van der Waals surface area (Å²) in [5.74, 6) is -1.14. The van der Waals surface area contributed by atoms with E-state index in [2.05, 4.69) is 15.6 Å². The summed E-state index contributed by atoms with van der Waals surface area (Å²) in [6, 6.07) is 18.1. The van der Waals surface area contributed by atoms with Gasteiger partial charge in [-0.15, -0.1) is 0 Å². The fourth-order valence-electron chi connectivity index (χ4n) is 2.85. The summed E-state index contributed by atoms with van der Waals surface area (Å²) >= 11 is 5.87. The van der Waals surface area contributed by atoms with Gasteiger partial charge in [-0.05, 0) is 35.7 Å². The van der Waals surface area contributed by atoms with Crippen molar-refractivity contribution >= 4 is 57.1 Å². The average molecular weight is 380 g/mol. The Kier molecular flexibility index (Phi) is 4.48. The van der Waals surface area contributed by atoms with Crippen molar-refractivity contribution in [1.82, 2.24) is 0 Å². The number of hydrogen-bond acceptors (Lipinski definition) is 5. The molecule has 1 aliphatic heterocycles. The first-order valence-corrected chi connectivity index (χ1v) is 8.58. The SMILES string of the molecule is O=C(COC(=O)C1=Nc2cccc3cccc(c23)N1)Nc1cccc(Cl)c1. The second-order valence-electron chi connectivity index (χ2n) is 5.90. The lowest BCUT2D eigenvalue weighted by atomic mass is 10.1. The van der Waals surface area contributed by atoms with Crippen LogP contribution in [0.2, 0.25) is 5.02 Å². The molecule has 0 atom stereocenters. The van der Waals surface area contributed by atoms with Crippen molar-refractivity contribution in [2.75, 3.05) is 17.2 Å². The molecule has 0 fully saturated rings. The summed E-state index contributed by atoms with van der Waals surface area (Å²) in [6.45, 7) is -0.433. The number of nitrogens with one attached hydrogen (secondary N) is 2. The predicted octanol–water partition coefficient (Wildman–Crippen LogP) is 4.13. The number of benzene rings is 3. The Labute approximate surface area is 159 Å². The van der Waals surface area contributed by atoms with Gasteiger partial charge in [-0.3, -0.25) is 4.79 Å². The molecule has 27 heavy (non-hydrogen) atoms. The monoisotopic (exact) mass is 379 g/mol. The average Bonchev–Trinajstić information content (AvgIpc) is 2.66. The minimum absolute atomic E-state index is 0.0387. The van der Waals surface area contributed by atoms with Crippen molar-refractivity contribution in [2.24, 2.45) is 4.99 Å². The molecular formula is C20H14ClN3O3. The molecule has 0 radical (unpaired) electrons. The van der Waals surface area contributed by atoms with Gasteiger partial charge < -0.3 is 15.4 Å². The molecule has 1 amide bonds. The van der Waals surface area contributed by atoms with E-state index in [1.54, 1.807) is 24.3 Å². The number of aliphatic imine (C=N–C) groups is 1. The molecule has 6 nitrogen and oxygen atoms in total. The zero-order valence-electron chi connectivity index (χ0n) is 14.0. The van der Waals surface area contributed by atoms with E-state index in [9.17, 15) is 9.59 Å². The van der Waals surface area contributed by atoms with Crippen molar-refractivity contribution in [3.63, 3.8) is 0 Å². The molecule has 4 rings (SSSR count). The number of hydrogen-bond donors (Lipinski definition) is 2. The highest BCUT2D eigenvalue weighted by atomic mass is 35.5. The van der Waals surface area contributed by atoms with Crippen LogP contribution in [0, 0.1) is 0 Å². The number of amides is 1. The minimum Gasteiger partial charge on any atom is -0.450 e. The van der Waals surface area contributed by atoms with Crippen molar-refractivity contribution in [3.05, 3.63) is 65.7 Å². The first-order chi connectivity index (χ1) is 13.1. The fraction of sp³-hybridized carbons (Fsp3) is 0.0500. The topological polar surface area (TPSA) is 79.8 Å². The number of carbonyl (C=O) groups is 2. The summed E-state index contributed by atoms with van der Waals surface area (Å²) in [6.07, 6.45) is 0. The van der Waals surface area contributed by atoms with Gasteiger partial charge >= 0.3 is 5.97 Å². The van der Waals surface area contributed by atoms with Gasteiger partial charge in [0.15, 0.2) is 6.61 Å². The van der Waals surface area contributed by atoms with Gasteiger partial charge in [-0.1, -0.05) is 41.9 Å². The second kappa shape index (κ2) is 7.09. The van der Waals surface area contributed by atoms with E-state index in [0.717, 1.165) is 16.5 Å². The molecule has 3 aromatic rings. The maximum atomic E-state index is 12.3. The molecule has 0 saturated carbocycles. The van der Waals surface area contributed by atoms with Gasteiger partial charge in [0, 0.05) is 21.8 Å². The second-order valence-corrected chi connectivity index (χ2v) is 6.34. The molecule has 2 N–H and O–H groups in total. The van der Waals surface area contributed by atoms with Crippen molar-refractivity contribution < 1.29 is 14.3 Å². The Morgan fingerprint density at radius 1 is 1.07 bits per heavy atom. The van der Waals surface area contributed by atoms with Gasteiger partial charge in [0.05, 0.1) is 5.69 Å². The van der Waals surface area contributed by atoms with Gasteiger partial charge in [-0.25, -0.2) is 9.79 Å². The van der Waals surface area contributed by atoms with Crippen LogP contribution in [0.25, 0.3) is 10.8 Å². The minimum atomic E-state index is -0.706. The highest BCUT2D eigenvalue weighted by molar-refractivity contribution is 6.42. The molecule has 1 aliphatic rings. The van der Waals surface area contributed by atoms with E-state index in [-0.39, 0.29) is 5.84 Å². The van der Waals surface area contributed by atoms with Crippen LogP contribution in [0.15, 0.2) is 65.7 Å². The number of ether oxygens (including phenoxy) is 1. The molecule has 0 spiro atoms. The van der Waals surface area contributed by atoms with Crippen LogP contribution in [0.1, 0.15) is 0 Å². The third-order valence-corrected chi connectivity index (χ3v) is 4.24. The number of nitrogens with zero attached hydrogens (tertiary/aromatic N) is 1. The van der Waals surface area contributed by atoms with E-state index in [1.807, 2.05) is 36.4 Å². The fourth-order valence-corrected chi connectivity index (χ4v) is 3.04. The van der Waals surface area contributed by atoms with E-state index in [4.69, 9.17) is 16.3 Å². The summed E-state index contributed by atoms with van der Waals surface area (Å²) < 4.78 is 5.08. The van der Waals surface area contributed by atoms with E-state index in [0.29, 0.717) is 16.4 Å². The third-order valence-electron chi connectivity index (χ3n) is 4.00. The van der Waals surface area contributed by atoms with Crippen LogP contribution in [0.5, 0.6) is 0 Å². The van der Waals surface area contributed by atoms with Gasteiger partial charge in [0.2, 0.25) is 5.84 Å². The molecule has 0 unspecified atom stereocenters. The number of halogens is 1. The first-order valence-electron chi connectivity index (χ1n) is 8.20. The lowest BCUT2D eigenvalue weighted by Gasteiger charge is -2.17. The highest BCUT2D eigenvalue weighted by Gasteiger charge is 2.21. The highest BCUT2D eigenvalue weighted by Crippen LogP contribution is 2.35. The predicted molar refractivity (Wildman–Crippen MR) is 106 cm³/mol. The van der Waals surface area contributed by atoms with Crippen molar-refractivity contribution in [1.29, 1.82) is 0 Å². The van der Waals surface area contributed by atoms with Crippen LogP contribution in [0.4, 0.5) is 17.1 Å². The zero-order chi connectivity index (χ0) is 18.8. The molecule has 0 saturated heterocycles. The Hall–Kier alpha value is -3.38. The quantitative estimate of drug-likeness (QED) is 0.668. The number of amidine groups is 1. The van der Waals surface area contributed by atoms with E-state index < -0.39 is 18.5 Å². The summed E-state index contributed by atoms with van der Waals surface area (Å²) in [7, 11) is 0. The third kappa shape index (κ3) is 3.61. The molecule has 7 heteroatoms.